The fraction of sp³-hybridized carbons (Fsp3) is 0.208. The lowest BCUT2D eigenvalue weighted by Gasteiger charge is -2.10. The summed E-state index contributed by atoms with van der Waals surface area (Å²) in [5, 5.41) is 3.38. The molecule has 2 aromatic carbocycles. The van der Waals surface area contributed by atoms with Crippen LogP contribution in [0.25, 0.3) is 20.7 Å². The Morgan fingerprint density at radius 2 is 1.84 bits per heavy atom. The largest absolute Gasteiger partial charge is 0.493 e. The summed E-state index contributed by atoms with van der Waals surface area (Å²) in [5.41, 5.74) is 1.83. The summed E-state index contributed by atoms with van der Waals surface area (Å²) < 4.78 is 11.9. The van der Waals surface area contributed by atoms with E-state index in [0.717, 1.165) is 16.0 Å². The summed E-state index contributed by atoms with van der Waals surface area (Å²) in [6.07, 6.45) is 2.06. The highest BCUT2D eigenvalue weighted by atomic mass is 32.1. The van der Waals surface area contributed by atoms with Crippen LogP contribution in [0.3, 0.4) is 0 Å². The molecule has 0 atom stereocenters. The van der Waals surface area contributed by atoms with Gasteiger partial charge in [0.05, 0.1) is 25.9 Å². The Kier molecular flexibility index (Phi) is 6.51. The highest BCUT2D eigenvalue weighted by molar-refractivity contribution is 7.21. The minimum Gasteiger partial charge on any atom is -0.493 e. The molecule has 0 bridgehead atoms. The number of methoxy groups -OCH3 is 2. The van der Waals surface area contributed by atoms with Gasteiger partial charge in [-0.3, -0.25) is 14.2 Å². The van der Waals surface area contributed by atoms with Gasteiger partial charge in [0.1, 0.15) is 11.4 Å². The second-order valence-corrected chi connectivity index (χ2v) is 8.19. The molecule has 7 nitrogen and oxygen atoms in total. The number of rotatable bonds is 8. The summed E-state index contributed by atoms with van der Waals surface area (Å²) in [6.45, 7) is 0.361. The zero-order valence-corrected chi connectivity index (χ0v) is 18.6. The van der Waals surface area contributed by atoms with Crippen molar-refractivity contribution in [2.45, 2.75) is 13.0 Å². The van der Waals surface area contributed by atoms with Gasteiger partial charge in [0.25, 0.3) is 5.56 Å². The highest BCUT2D eigenvalue weighted by Gasteiger charge is 2.12. The van der Waals surface area contributed by atoms with E-state index >= 15 is 0 Å². The molecule has 0 fully saturated rings. The van der Waals surface area contributed by atoms with Crippen molar-refractivity contribution < 1.29 is 14.3 Å². The van der Waals surface area contributed by atoms with Crippen molar-refractivity contribution in [2.75, 3.05) is 20.8 Å². The second-order valence-electron chi connectivity index (χ2n) is 7.16. The van der Waals surface area contributed by atoms with Crippen molar-refractivity contribution >= 4 is 27.5 Å². The lowest BCUT2D eigenvalue weighted by molar-refractivity contribution is -0.121. The van der Waals surface area contributed by atoms with E-state index in [1.165, 1.54) is 22.2 Å². The molecule has 1 N–H and O–H groups in total. The normalized spacial score (nSPS) is 10.8. The van der Waals surface area contributed by atoms with E-state index in [1.54, 1.807) is 14.2 Å². The number of aromatic nitrogens is 2. The van der Waals surface area contributed by atoms with Crippen LogP contribution in [-0.2, 0) is 17.8 Å². The summed E-state index contributed by atoms with van der Waals surface area (Å²) in [4.78, 5) is 31.3. The molecule has 0 saturated carbocycles. The summed E-state index contributed by atoms with van der Waals surface area (Å²) >= 11 is 1.46. The van der Waals surface area contributed by atoms with Crippen molar-refractivity contribution in [3.05, 3.63) is 76.8 Å². The number of nitrogens with zero attached hydrogens (tertiary/aromatic N) is 2. The minimum absolute atomic E-state index is 0.0791. The van der Waals surface area contributed by atoms with Crippen LogP contribution in [0, 0.1) is 0 Å². The van der Waals surface area contributed by atoms with E-state index in [2.05, 4.69) is 10.3 Å². The van der Waals surface area contributed by atoms with Gasteiger partial charge >= 0.3 is 0 Å². The first-order valence-corrected chi connectivity index (χ1v) is 10.9. The number of hydrogen-bond donors (Lipinski definition) is 1. The number of hydrogen-bond acceptors (Lipinski definition) is 6. The van der Waals surface area contributed by atoms with Gasteiger partial charge in [0, 0.05) is 11.4 Å². The fourth-order valence-electron chi connectivity index (χ4n) is 3.41. The van der Waals surface area contributed by atoms with Crippen LogP contribution in [-0.4, -0.2) is 36.2 Å². The van der Waals surface area contributed by atoms with Crippen LogP contribution in [0.4, 0.5) is 0 Å². The molecule has 1 amide bonds. The maximum absolute atomic E-state index is 12.9. The van der Waals surface area contributed by atoms with Crippen LogP contribution in [0.1, 0.15) is 5.56 Å². The third-order valence-electron chi connectivity index (χ3n) is 5.07. The Morgan fingerprint density at radius 1 is 1.06 bits per heavy atom. The molecule has 4 rings (SSSR count). The van der Waals surface area contributed by atoms with Crippen LogP contribution < -0.4 is 20.3 Å². The fourth-order valence-corrected chi connectivity index (χ4v) is 4.41. The number of benzene rings is 2. The van der Waals surface area contributed by atoms with Gasteiger partial charge in [-0.05, 0) is 35.7 Å². The molecule has 32 heavy (non-hydrogen) atoms. The molecule has 4 aromatic rings. The number of amides is 1. The Hall–Kier alpha value is -3.65. The monoisotopic (exact) mass is 449 g/mol. The van der Waals surface area contributed by atoms with Crippen molar-refractivity contribution in [2.24, 2.45) is 0 Å². The van der Waals surface area contributed by atoms with E-state index < -0.39 is 0 Å². The molecule has 2 aromatic heterocycles. The number of fused-ring (bicyclic) bond motifs is 1. The van der Waals surface area contributed by atoms with Gasteiger partial charge < -0.3 is 14.8 Å². The van der Waals surface area contributed by atoms with E-state index in [0.29, 0.717) is 34.7 Å². The third-order valence-corrected chi connectivity index (χ3v) is 6.17. The molecule has 0 saturated heterocycles. The number of ether oxygens (including phenoxy) is 2. The molecule has 0 aliphatic rings. The van der Waals surface area contributed by atoms with Crippen LogP contribution >= 0.6 is 11.3 Å². The lowest BCUT2D eigenvalue weighted by atomic mass is 10.1. The highest BCUT2D eigenvalue weighted by Crippen LogP contribution is 2.30. The predicted molar refractivity (Wildman–Crippen MR) is 126 cm³/mol. The molecular formula is C24H23N3O4S. The molecule has 0 aliphatic heterocycles. The first-order chi connectivity index (χ1) is 15.6. The summed E-state index contributed by atoms with van der Waals surface area (Å²) in [6, 6.07) is 17.3. The van der Waals surface area contributed by atoms with Crippen LogP contribution in [0.5, 0.6) is 11.5 Å². The average molecular weight is 450 g/mol. The van der Waals surface area contributed by atoms with E-state index in [-0.39, 0.29) is 18.0 Å². The summed E-state index contributed by atoms with van der Waals surface area (Å²) in [7, 11) is 3.17. The molecule has 164 valence electrons. The standard InChI is InChI=1S/C24H23N3O4S/c1-30-19-9-8-16(12-20(19)31-2)10-11-25-22(28)14-27-15-26-23-18(24(27)29)13-21(32-23)17-6-4-3-5-7-17/h3-9,12-13,15H,10-11,14H2,1-2H3,(H,25,28). The summed E-state index contributed by atoms with van der Waals surface area (Å²) in [5.74, 6) is 1.06. The SMILES string of the molecule is COc1ccc(CCNC(=O)Cn2cnc3sc(-c4ccccc4)cc3c2=O)cc1OC. The molecule has 8 heteroatoms. The van der Waals surface area contributed by atoms with Gasteiger partial charge in [-0.1, -0.05) is 36.4 Å². The van der Waals surface area contributed by atoms with E-state index in [1.807, 2.05) is 54.6 Å². The predicted octanol–water partition coefficient (Wildman–Crippen LogP) is 3.50. The van der Waals surface area contributed by atoms with Crippen molar-refractivity contribution in [1.82, 2.24) is 14.9 Å². The first kappa shape index (κ1) is 21.6. The smallest absolute Gasteiger partial charge is 0.262 e. The maximum Gasteiger partial charge on any atom is 0.262 e. The quantitative estimate of drug-likeness (QED) is 0.445. The molecule has 0 spiro atoms. The van der Waals surface area contributed by atoms with Crippen LogP contribution in [0.15, 0.2) is 65.7 Å². The van der Waals surface area contributed by atoms with E-state index in [4.69, 9.17) is 9.47 Å². The molecular weight excluding hydrogens is 426 g/mol. The average Bonchev–Trinajstić information content (AvgIpc) is 3.27. The zero-order chi connectivity index (χ0) is 22.5. The minimum atomic E-state index is -0.243. The van der Waals surface area contributed by atoms with Crippen molar-refractivity contribution in [3.8, 4) is 21.9 Å². The zero-order valence-electron chi connectivity index (χ0n) is 17.8. The van der Waals surface area contributed by atoms with Gasteiger partial charge in [-0.25, -0.2) is 4.98 Å². The number of carbonyl (C=O) groups excluding carboxylic acids is 1. The number of carbonyl (C=O) groups is 1. The topological polar surface area (TPSA) is 82.5 Å². The Morgan fingerprint density at radius 3 is 2.59 bits per heavy atom. The van der Waals surface area contributed by atoms with Crippen molar-refractivity contribution in [3.63, 3.8) is 0 Å². The number of thiophene rings is 1. The molecule has 0 aliphatic carbocycles. The van der Waals surface area contributed by atoms with E-state index in [9.17, 15) is 9.59 Å². The molecule has 0 radical (unpaired) electrons. The Bertz CT molecular complexity index is 1300. The van der Waals surface area contributed by atoms with Gasteiger partial charge in [-0.15, -0.1) is 11.3 Å². The maximum atomic E-state index is 12.9. The first-order valence-electron chi connectivity index (χ1n) is 10.1. The van der Waals surface area contributed by atoms with Crippen LogP contribution in [0.2, 0.25) is 0 Å². The lowest BCUT2D eigenvalue weighted by Crippen LogP contribution is -2.33. The third kappa shape index (κ3) is 4.65. The van der Waals surface area contributed by atoms with Gasteiger partial charge in [0.2, 0.25) is 5.91 Å². The van der Waals surface area contributed by atoms with Crippen molar-refractivity contribution in [1.29, 1.82) is 0 Å². The molecule has 0 unspecified atom stereocenters. The van der Waals surface area contributed by atoms with Gasteiger partial charge in [-0.2, -0.15) is 0 Å². The Balaban J connectivity index is 1.40. The van der Waals surface area contributed by atoms with Gasteiger partial charge in [0.15, 0.2) is 11.5 Å². The second kappa shape index (κ2) is 9.65. The number of nitrogens with one attached hydrogen (secondary N) is 1. The molecule has 2 heterocycles. The Labute approximate surface area is 189 Å².